The molecule has 0 amide bonds. The van der Waals surface area contributed by atoms with Crippen LogP contribution in [0.25, 0.3) is 0 Å². The molecule has 0 aromatic rings. The first-order chi connectivity index (χ1) is 5.91. The number of hydrogen-bond donors (Lipinski definition) is 2. The van der Waals surface area contributed by atoms with Crippen LogP contribution in [-0.4, -0.2) is 42.5 Å². The molecule has 1 aliphatic heterocycles. The van der Waals surface area contributed by atoms with Gasteiger partial charge in [0.2, 0.25) is 0 Å². The Kier molecular flexibility index (Phi) is 2.77. The molecule has 0 saturated carbocycles. The van der Waals surface area contributed by atoms with Crippen LogP contribution < -0.4 is 5.32 Å². The molecule has 0 bridgehead atoms. The second kappa shape index (κ2) is 3.51. The van der Waals surface area contributed by atoms with E-state index in [0.29, 0.717) is 0 Å². The quantitative estimate of drug-likeness (QED) is 0.623. The average molecular weight is 199 g/mol. The van der Waals surface area contributed by atoms with Gasteiger partial charge in [-0.05, 0) is 0 Å². The Hall–Kier alpha value is -0.820. The highest BCUT2D eigenvalue weighted by atomic mass is 19.4. The minimum Gasteiger partial charge on any atom is -0.479 e. The van der Waals surface area contributed by atoms with Gasteiger partial charge in [-0.2, -0.15) is 13.2 Å². The number of carboxylic acid groups (broad SMARTS) is 1. The fraction of sp³-hybridized carbons (Fsp3) is 0.833. The van der Waals surface area contributed by atoms with Crippen LogP contribution in [0.1, 0.15) is 0 Å². The predicted octanol–water partition coefficient (Wildman–Crippen LogP) is -0.00970. The molecule has 1 saturated heterocycles. The molecule has 1 fully saturated rings. The molecule has 7 heteroatoms. The fourth-order valence-corrected chi connectivity index (χ4v) is 0.978. The number of alkyl halides is 3. The van der Waals surface area contributed by atoms with E-state index in [4.69, 9.17) is 5.11 Å². The van der Waals surface area contributed by atoms with Crippen molar-refractivity contribution in [2.75, 3.05) is 13.1 Å². The van der Waals surface area contributed by atoms with E-state index >= 15 is 0 Å². The van der Waals surface area contributed by atoms with Gasteiger partial charge in [0, 0.05) is 13.1 Å². The molecule has 0 unspecified atom stereocenters. The SMILES string of the molecule is O=C(O)[C@H]1CNC[C@H](C(F)(F)F)O1. The molecule has 2 N–H and O–H groups in total. The standard InChI is InChI=1S/C6H8F3NO3/c7-6(8,9)4-2-10-1-3(13-4)5(11)12/h3-4,10H,1-2H2,(H,11,12)/t3-,4-/m1/s1. The van der Waals surface area contributed by atoms with Crippen LogP contribution in [0.5, 0.6) is 0 Å². The van der Waals surface area contributed by atoms with Crippen LogP contribution in [-0.2, 0) is 9.53 Å². The highest BCUT2D eigenvalue weighted by Gasteiger charge is 2.44. The molecule has 1 heterocycles. The third kappa shape index (κ3) is 2.56. The Labute approximate surface area is 71.7 Å². The minimum absolute atomic E-state index is 0.0953. The summed E-state index contributed by atoms with van der Waals surface area (Å²) in [6, 6.07) is 0. The molecule has 0 aliphatic carbocycles. The van der Waals surface area contributed by atoms with Gasteiger partial charge in [0.15, 0.2) is 12.2 Å². The highest BCUT2D eigenvalue weighted by molar-refractivity contribution is 5.72. The summed E-state index contributed by atoms with van der Waals surface area (Å²) in [7, 11) is 0. The lowest BCUT2D eigenvalue weighted by atomic mass is 10.2. The average Bonchev–Trinajstić information content (AvgIpc) is 2.03. The van der Waals surface area contributed by atoms with Crippen molar-refractivity contribution < 1.29 is 27.8 Å². The van der Waals surface area contributed by atoms with Crippen LogP contribution >= 0.6 is 0 Å². The van der Waals surface area contributed by atoms with Crippen molar-refractivity contribution in [3.05, 3.63) is 0 Å². The third-order valence-corrected chi connectivity index (χ3v) is 1.63. The third-order valence-electron chi connectivity index (χ3n) is 1.63. The normalized spacial score (nSPS) is 30.1. The Morgan fingerprint density at radius 3 is 2.54 bits per heavy atom. The van der Waals surface area contributed by atoms with Crippen LogP contribution in [0.15, 0.2) is 0 Å². The van der Waals surface area contributed by atoms with Crippen LogP contribution in [0.3, 0.4) is 0 Å². The number of aliphatic carboxylic acids is 1. The van der Waals surface area contributed by atoms with Crippen molar-refractivity contribution in [1.29, 1.82) is 0 Å². The summed E-state index contributed by atoms with van der Waals surface area (Å²) in [6.45, 7) is -0.491. The van der Waals surface area contributed by atoms with E-state index in [9.17, 15) is 18.0 Å². The highest BCUT2D eigenvalue weighted by Crippen LogP contribution is 2.24. The summed E-state index contributed by atoms with van der Waals surface area (Å²) < 4.78 is 40.4. The summed E-state index contributed by atoms with van der Waals surface area (Å²) in [4.78, 5) is 10.3. The van der Waals surface area contributed by atoms with E-state index < -0.39 is 30.9 Å². The number of carbonyl (C=O) groups is 1. The van der Waals surface area contributed by atoms with Crippen molar-refractivity contribution in [2.45, 2.75) is 18.4 Å². The number of rotatable bonds is 1. The van der Waals surface area contributed by atoms with Crippen molar-refractivity contribution in [3.8, 4) is 0 Å². The molecular formula is C6H8F3NO3. The van der Waals surface area contributed by atoms with Crippen LogP contribution in [0, 0.1) is 0 Å². The van der Waals surface area contributed by atoms with Gasteiger partial charge in [-0.25, -0.2) is 4.79 Å². The molecule has 1 rings (SSSR count). The van der Waals surface area contributed by atoms with E-state index in [-0.39, 0.29) is 6.54 Å². The number of nitrogens with one attached hydrogen (secondary N) is 1. The summed E-state index contributed by atoms with van der Waals surface area (Å²) >= 11 is 0. The molecule has 0 spiro atoms. The van der Waals surface area contributed by atoms with E-state index in [2.05, 4.69) is 10.1 Å². The first-order valence-electron chi connectivity index (χ1n) is 3.57. The Bertz CT molecular complexity index is 206. The van der Waals surface area contributed by atoms with E-state index in [1.165, 1.54) is 0 Å². The molecule has 13 heavy (non-hydrogen) atoms. The largest absolute Gasteiger partial charge is 0.479 e. The first kappa shape index (κ1) is 10.3. The number of morpholine rings is 1. The van der Waals surface area contributed by atoms with Gasteiger partial charge in [-0.15, -0.1) is 0 Å². The van der Waals surface area contributed by atoms with Gasteiger partial charge in [0.25, 0.3) is 0 Å². The van der Waals surface area contributed by atoms with E-state index in [1.807, 2.05) is 0 Å². The lowest BCUT2D eigenvalue weighted by molar-refractivity contribution is -0.240. The summed E-state index contributed by atoms with van der Waals surface area (Å²) in [5.41, 5.74) is 0. The van der Waals surface area contributed by atoms with E-state index in [0.717, 1.165) is 0 Å². The molecule has 0 aromatic heterocycles. The molecule has 2 atom stereocenters. The molecule has 76 valence electrons. The molecule has 0 radical (unpaired) electrons. The van der Waals surface area contributed by atoms with Crippen LogP contribution in [0.4, 0.5) is 13.2 Å². The second-order valence-corrected chi connectivity index (χ2v) is 2.65. The first-order valence-corrected chi connectivity index (χ1v) is 3.57. The summed E-state index contributed by atoms with van der Waals surface area (Å²) in [5.74, 6) is -1.39. The zero-order valence-electron chi connectivity index (χ0n) is 6.47. The predicted molar refractivity (Wildman–Crippen MR) is 35.2 cm³/mol. The van der Waals surface area contributed by atoms with Crippen molar-refractivity contribution in [2.24, 2.45) is 0 Å². The Morgan fingerprint density at radius 1 is 1.46 bits per heavy atom. The Morgan fingerprint density at radius 2 is 2.08 bits per heavy atom. The maximum Gasteiger partial charge on any atom is 0.415 e. The van der Waals surface area contributed by atoms with Gasteiger partial charge < -0.3 is 15.2 Å². The number of carboxylic acids is 1. The maximum atomic E-state index is 12.0. The van der Waals surface area contributed by atoms with Gasteiger partial charge in [-0.1, -0.05) is 0 Å². The topological polar surface area (TPSA) is 58.6 Å². The minimum atomic E-state index is -4.51. The summed E-state index contributed by atoms with van der Waals surface area (Å²) in [6.07, 6.45) is -7.95. The summed E-state index contributed by atoms with van der Waals surface area (Å²) in [5, 5.41) is 10.7. The van der Waals surface area contributed by atoms with Crippen molar-refractivity contribution in [1.82, 2.24) is 5.32 Å². The lowest BCUT2D eigenvalue weighted by Gasteiger charge is -2.29. The number of ether oxygens (including phenoxy) is 1. The number of hydrogen-bond acceptors (Lipinski definition) is 3. The Balaban J connectivity index is 2.57. The molecule has 4 nitrogen and oxygen atoms in total. The molecule has 1 aliphatic rings. The van der Waals surface area contributed by atoms with Crippen molar-refractivity contribution in [3.63, 3.8) is 0 Å². The second-order valence-electron chi connectivity index (χ2n) is 2.65. The van der Waals surface area contributed by atoms with Gasteiger partial charge in [0.05, 0.1) is 0 Å². The van der Waals surface area contributed by atoms with E-state index in [1.54, 1.807) is 0 Å². The molecule has 0 aromatic carbocycles. The zero-order chi connectivity index (χ0) is 10.1. The van der Waals surface area contributed by atoms with Gasteiger partial charge in [-0.3, -0.25) is 0 Å². The smallest absolute Gasteiger partial charge is 0.415 e. The zero-order valence-corrected chi connectivity index (χ0v) is 6.47. The van der Waals surface area contributed by atoms with Crippen LogP contribution in [0.2, 0.25) is 0 Å². The van der Waals surface area contributed by atoms with Crippen molar-refractivity contribution >= 4 is 5.97 Å². The number of halogens is 3. The lowest BCUT2D eigenvalue weighted by Crippen LogP contribution is -2.53. The van der Waals surface area contributed by atoms with Gasteiger partial charge >= 0.3 is 12.1 Å². The fourth-order valence-electron chi connectivity index (χ4n) is 0.978. The van der Waals surface area contributed by atoms with Gasteiger partial charge in [0.1, 0.15) is 0 Å². The monoisotopic (exact) mass is 199 g/mol. The molecular weight excluding hydrogens is 191 g/mol. The maximum absolute atomic E-state index is 12.0.